The van der Waals surface area contributed by atoms with Crippen molar-refractivity contribution in [3.63, 3.8) is 0 Å². The summed E-state index contributed by atoms with van der Waals surface area (Å²) in [6.07, 6.45) is 3.15. The molecule has 0 aliphatic carbocycles. The van der Waals surface area contributed by atoms with Crippen LogP contribution in [0, 0.1) is 11.8 Å². The SMILES string of the molecule is C/C=C/C1C(=O)NC(c2ccccc2)=C(S(=O)(=O)c2ccccc2)C1C(=O)OCC. The fourth-order valence-electron chi connectivity index (χ4n) is 3.48. The molecule has 2 aromatic rings. The molecule has 30 heavy (non-hydrogen) atoms. The summed E-state index contributed by atoms with van der Waals surface area (Å²) in [6.45, 7) is 3.41. The lowest BCUT2D eigenvalue weighted by Gasteiger charge is -2.32. The lowest BCUT2D eigenvalue weighted by molar-refractivity contribution is -0.150. The number of amides is 1. The third-order valence-electron chi connectivity index (χ3n) is 4.78. The van der Waals surface area contributed by atoms with Gasteiger partial charge in [-0.1, -0.05) is 60.7 Å². The molecule has 0 bridgehead atoms. The first-order valence-corrected chi connectivity index (χ1v) is 11.1. The normalized spacial score (nSPS) is 19.6. The Bertz CT molecular complexity index is 1090. The molecule has 1 aliphatic rings. The Morgan fingerprint density at radius 3 is 2.23 bits per heavy atom. The molecule has 2 aromatic carbocycles. The monoisotopic (exact) mass is 425 g/mol. The van der Waals surface area contributed by atoms with Crippen LogP contribution >= 0.6 is 0 Å². The topological polar surface area (TPSA) is 89.5 Å². The Labute approximate surface area is 176 Å². The number of ether oxygens (including phenoxy) is 1. The summed E-state index contributed by atoms with van der Waals surface area (Å²) >= 11 is 0. The number of hydrogen-bond donors (Lipinski definition) is 1. The largest absolute Gasteiger partial charge is 0.465 e. The van der Waals surface area contributed by atoms with Crippen LogP contribution in [0.3, 0.4) is 0 Å². The van der Waals surface area contributed by atoms with E-state index in [9.17, 15) is 18.0 Å². The number of hydrogen-bond acceptors (Lipinski definition) is 5. The molecule has 2 unspecified atom stereocenters. The molecule has 0 saturated carbocycles. The average Bonchev–Trinajstić information content (AvgIpc) is 2.76. The van der Waals surface area contributed by atoms with Gasteiger partial charge in [0.1, 0.15) is 5.92 Å². The van der Waals surface area contributed by atoms with Gasteiger partial charge in [0.05, 0.1) is 28.0 Å². The Hall–Kier alpha value is -3.19. The molecular formula is C23H23NO5S. The summed E-state index contributed by atoms with van der Waals surface area (Å²) in [5, 5.41) is 2.72. The number of benzene rings is 2. The second-order valence-electron chi connectivity index (χ2n) is 6.69. The molecule has 0 aromatic heterocycles. The number of allylic oxidation sites excluding steroid dienone is 1. The first kappa shape index (κ1) is 21.5. The Balaban J connectivity index is 2.36. The number of rotatable bonds is 6. The predicted molar refractivity (Wildman–Crippen MR) is 114 cm³/mol. The predicted octanol–water partition coefficient (Wildman–Crippen LogP) is 3.33. The maximum atomic E-state index is 13.7. The summed E-state index contributed by atoms with van der Waals surface area (Å²) in [4.78, 5) is 25.7. The second kappa shape index (κ2) is 9.09. The van der Waals surface area contributed by atoms with Gasteiger partial charge >= 0.3 is 5.97 Å². The number of sulfone groups is 1. The Morgan fingerprint density at radius 1 is 1.07 bits per heavy atom. The molecule has 0 fully saturated rings. The van der Waals surface area contributed by atoms with Crippen molar-refractivity contribution in [2.24, 2.45) is 11.8 Å². The minimum atomic E-state index is -4.12. The van der Waals surface area contributed by atoms with E-state index in [-0.39, 0.29) is 22.1 Å². The Morgan fingerprint density at radius 2 is 1.67 bits per heavy atom. The van der Waals surface area contributed by atoms with E-state index in [1.807, 2.05) is 0 Å². The highest BCUT2D eigenvalue weighted by molar-refractivity contribution is 7.95. The second-order valence-corrected chi connectivity index (χ2v) is 8.61. The van der Waals surface area contributed by atoms with E-state index in [0.29, 0.717) is 5.56 Å². The van der Waals surface area contributed by atoms with Crippen molar-refractivity contribution < 1.29 is 22.7 Å². The van der Waals surface area contributed by atoms with Gasteiger partial charge in [-0.2, -0.15) is 0 Å². The summed E-state index contributed by atoms with van der Waals surface area (Å²) in [6, 6.07) is 16.5. The molecule has 1 heterocycles. The molecule has 0 spiro atoms. The van der Waals surface area contributed by atoms with Crippen molar-refractivity contribution in [1.82, 2.24) is 5.32 Å². The van der Waals surface area contributed by atoms with Crippen LogP contribution in [0.25, 0.3) is 5.70 Å². The molecule has 0 radical (unpaired) electrons. The number of carbonyl (C=O) groups is 2. The third-order valence-corrected chi connectivity index (χ3v) is 6.71. The smallest absolute Gasteiger partial charge is 0.315 e. The lowest BCUT2D eigenvalue weighted by Crippen LogP contribution is -2.45. The van der Waals surface area contributed by atoms with Gasteiger partial charge in [-0.15, -0.1) is 0 Å². The van der Waals surface area contributed by atoms with E-state index >= 15 is 0 Å². The zero-order chi connectivity index (χ0) is 21.7. The quantitative estimate of drug-likeness (QED) is 0.566. The van der Waals surface area contributed by atoms with Crippen LogP contribution in [-0.4, -0.2) is 26.9 Å². The highest BCUT2D eigenvalue weighted by Gasteiger charge is 2.47. The third kappa shape index (κ3) is 4.07. The molecule has 156 valence electrons. The lowest BCUT2D eigenvalue weighted by atomic mass is 9.85. The van der Waals surface area contributed by atoms with Crippen molar-refractivity contribution in [2.75, 3.05) is 6.61 Å². The molecule has 1 N–H and O–H groups in total. The van der Waals surface area contributed by atoms with Crippen LogP contribution in [0.15, 0.2) is 82.6 Å². The van der Waals surface area contributed by atoms with Gasteiger partial charge in [-0.3, -0.25) is 9.59 Å². The number of esters is 1. The minimum absolute atomic E-state index is 0.0399. The molecule has 6 nitrogen and oxygen atoms in total. The van der Waals surface area contributed by atoms with Crippen LogP contribution < -0.4 is 5.32 Å². The summed E-state index contributed by atoms with van der Waals surface area (Å²) in [7, 11) is -4.12. The van der Waals surface area contributed by atoms with Gasteiger partial charge in [0.2, 0.25) is 15.7 Å². The first-order chi connectivity index (χ1) is 14.4. The number of nitrogens with one attached hydrogen (secondary N) is 1. The maximum absolute atomic E-state index is 13.7. The van der Waals surface area contributed by atoms with E-state index in [4.69, 9.17) is 4.74 Å². The van der Waals surface area contributed by atoms with Crippen molar-refractivity contribution in [3.8, 4) is 0 Å². The van der Waals surface area contributed by atoms with Crippen LogP contribution in [0.2, 0.25) is 0 Å². The van der Waals surface area contributed by atoms with Crippen molar-refractivity contribution in [3.05, 3.63) is 83.3 Å². The van der Waals surface area contributed by atoms with E-state index in [0.717, 1.165) is 0 Å². The van der Waals surface area contributed by atoms with Gasteiger partial charge in [-0.05, 0) is 31.5 Å². The standard InChI is InChI=1S/C23H23NO5S/c1-3-11-18-19(23(26)29-4-2)21(30(27,28)17-14-9-6-10-15-17)20(24-22(18)25)16-12-7-5-8-13-16/h3,5-15,18-19H,4H2,1-2H3,(H,24,25)/b11-3+. The molecule has 7 heteroatoms. The highest BCUT2D eigenvalue weighted by atomic mass is 32.2. The summed E-state index contributed by atoms with van der Waals surface area (Å²) in [5.41, 5.74) is 0.594. The zero-order valence-electron chi connectivity index (χ0n) is 16.7. The van der Waals surface area contributed by atoms with Crippen LogP contribution in [-0.2, 0) is 24.2 Å². The zero-order valence-corrected chi connectivity index (χ0v) is 17.6. The van der Waals surface area contributed by atoms with Crippen LogP contribution in [0.4, 0.5) is 0 Å². The molecule has 0 saturated heterocycles. The fraction of sp³-hybridized carbons (Fsp3) is 0.217. The van der Waals surface area contributed by atoms with Gasteiger partial charge < -0.3 is 10.1 Å². The van der Waals surface area contributed by atoms with Gasteiger partial charge in [0.25, 0.3) is 0 Å². The molecule has 2 atom stereocenters. The molecule has 3 rings (SSSR count). The van der Waals surface area contributed by atoms with Crippen LogP contribution in [0.1, 0.15) is 19.4 Å². The Kier molecular flexibility index (Phi) is 6.52. The van der Waals surface area contributed by atoms with Crippen molar-refractivity contribution in [2.45, 2.75) is 18.7 Å². The van der Waals surface area contributed by atoms with E-state index < -0.39 is 33.5 Å². The van der Waals surface area contributed by atoms with Gasteiger partial charge in [0, 0.05) is 0 Å². The summed E-state index contributed by atoms with van der Waals surface area (Å²) < 4.78 is 32.6. The van der Waals surface area contributed by atoms with E-state index in [2.05, 4.69) is 5.32 Å². The highest BCUT2D eigenvalue weighted by Crippen LogP contribution is 2.40. The first-order valence-electron chi connectivity index (χ1n) is 9.61. The average molecular weight is 426 g/mol. The minimum Gasteiger partial charge on any atom is -0.465 e. The fourth-order valence-corrected chi connectivity index (χ4v) is 5.26. The van der Waals surface area contributed by atoms with Gasteiger partial charge in [-0.25, -0.2) is 8.42 Å². The number of carbonyl (C=O) groups excluding carboxylic acids is 2. The molecule has 1 aliphatic heterocycles. The molecular weight excluding hydrogens is 402 g/mol. The van der Waals surface area contributed by atoms with Crippen LogP contribution in [0.5, 0.6) is 0 Å². The maximum Gasteiger partial charge on any atom is 0.315 e. The molecule has 1 amide bonds. The van der Waals surface area contributed by atoms with Crippen molar-refractivity contribution in [1.29, 1.82) is 0 Å². The summed E-state index contributed by atoms with van der Waals surface area (Å²) in [5.74, 6) is -3.51. The van der Waals surface area contributed by atoms with E-state index in [1.165, 1.54) is 18.2 Å². The van der Waals surface area contributed by atoms with E-state index in [1.54, 1.807) is 68.5 Å². The van der Waals surface area contributed by atoms with Gasteiger partial charge in [0.15, 0.2) is 0 Å². The van der Waals surface area contributed by atoms with Crippen molar-refractivity contribution >= 4 is 27.4 Å².